The highest BCUT2D eigenvalue weighted by Gasteiger charge is 2.41. The van der Waals surface area contributed by atoms with E-state index in [1.807, 2.05) is 6.92 Å². The van der Waals surface area contributed by atoms with Crippen LogP contribution in [0, 0.1) is 5.82 Å². The number of thioether (sulfide) groups is 1. The van der Waals surface area contributed by atoms with Crippen molar-refractivity contribution < 1.29 is 33.0 Å². The molecule has 3 rings (SSSR count). The minimum absolute atomic E-state index is 0.188. The number of methoxy groups -OCH3 is 1. The van der Waals surface area contributed by atoms with E-state index in [1.165, 1.54) is 26.2 Å². The molecular weight excluding hydrogens is 437 g/mol. The zero-order valence-corrected chi connectivity index (χ0v) is 18.6. The van der Waals surface area contributed by atoms with E-state index in [-0.39, 0.29) is 17.3 Å². The minimum atomic E-state index is -1.01. The van der Waals surface area contributed by atoms with Gasteiger partial charge in [0.05, 0.1) is 18.6 Å². The lowest BCUT2D eigenvalue weighted by atomic mass is 10.1. The highest BCUT2D eigenvalue weighted by Crippen LogP contribution is 2.36. The summed E-state index contributed by atoms with van der Waals surface area (Å²) in [4.78, 5) is 37.7. The third-order valence-electron chi connectivity index (χ3n) is 4.63. The Morgan fingerprint density at radius 1 is 1.12 bits per heavy atom. The number of imide groups is 1. The molecule has 7 nitrogen and oxygen atoms in total. The van der Waals surface area contributed by atoms with E-state index in [0.717, 1.165) is 22.2 Å². The van der Waals surface area contributed by atoms with Crippen LogP contribution in [0.5, 0.6) is 11.5 Å². The molecule has 1 heterocycles. The van der Waals surface area contributed by atoms with Crippen LogP contribution in [-0.2, 0) is 20.9 Å². The van der Waals surface area contributed by atoms with Gasteiger partial charge in [0.15, 0.2) is 11.5 Å². The predicted molar refractivity (Wildman–Crippen MR) is 118 cm³/mol. The summed E-state index contributed by atoms with van der Waals surface area (Å²) in [5, 5.41) is -0.538. The summed E-state index contributed by atoms with van der Waals surface area (Å²) in [5.74, 6) is -0.605. The van der Waals surface area contributed by atoms with Crippen molar-refractivity contribution in [2.45, 2.75) is 26.5 Å². The number of benzene rings is 2. The number of hydrogen-bond acceptors (Lipinski definition) is 7. The standard InChI is InChI=1S/C23H22FNO6S/c1-4-30-19-11-16(7-10-18(19)31-13-15-5-8-17(24)9-6-15)12-20-21(26)25(23(28)32-20)14(2)22(27)29-3/h5-12,14H,4,13H2,1-3H3/b20-12+/t14-/m0/s1. The number of hydrogen-bond donors (Lipinski definition) is 0. The Bertz CT molecular complexity index is 1050. The van der Waals surface area contributed by atoms with Crippen LogP contribution in [0.25, 0.3) is 6.08 Å². The summed E-state index contributed by atoms with van der Waals surface area (Å²) < 4.78 is 29.2. The molecule has 0 spiro atoms. The van der Waals surface area contributed by atoms with Crippen LogP contribution in [0.4, 0.5) is 9.18 Å². The summed E-state index contributed by atoms with van der Waals surface area (Å²) in [6.07, 6.45) is 1.56. The molecular formula is C23H22FNO6S. The molecule has 1 aliphatic rings. The maximum atomic E-state index is 13.1. The van der Waals surface area contributed by atoms with E-state index in [9.17, 15) is 18.8 Å². The third-order valence-corrected chi connectivity index (χ3v) is 5.51. The van der Waals surface area contributed by atoms with E-state index in [4.69, 9.17) is 9.47 Å². The van der Waals surface area contributed by atoms with Gasteiger partial charge in [0.25, 0.3) is 11.1 Å². The van der Waals surface area contributed by atoms with E-state index < -0.39 is 23.2 Å². The smallest absolute Gasteiger partial charge is 0.328 e. The van der Waals surface area contributed by atoms with Gasteiger partial charge in [0.1, 0.15) is 18.5 Å². The number of nitrogens with zero attached hydrogens (tertiary/aromatic N) is 1. The Morgan fingerprint density at radius 3 is 2.50 bits per heavy atom. The monoisotopic (exact) mass is 459 g/mol. The van der Waals surface area contributed by atoms with E-state index in [0.29, 0.717) is 23.7 Å². The number of halogens is 1. The van der Waals surface area contributed by atoms with Crippen LogP contribution in [0.15, 0.2) is 47.4 Å². The third kappa shape index (κ3) is 5.28. The first kappa shape index (κ1) is 23.3. The second-order valence-electron chi connectivity index (χ2n) is 6.81. The van der Waals surface area contributed by atoms with Crippen LogP contribution < -0.4 is 9.47 Å². The summed E-state index contributed by atoms with van der Waals surface area (Å²) in [5.41, 5.74) is 1.42. The number of carbonyl (C=O) groups excluding carboxylic acids is 3. The molecule has 0 radical (unpaired) electrons. The first-order valence-corrected chi connectivity index (χ1v) is 10.6. The maximum Gasteiger partial charge on any atom is 0.328 e. The summed E-state index contributed by atoms with van der Waals surface area (Å²) >= 11 is 0.753. The zero-order valence-electron chi connectivity index (χ0n) is 17.8. The molecule has 168 valence electrons. The number of esters is 1. The van der Waals surface area contributed by atoms with Crippen molar-refractivity contribution in [3.63, 3.8) is 0 Å². The van der Waals surface area contributed by atoms with E-state index >= 15 is 0 Å². The van der Waals surface area contributed by atoms with Crippen LogP contribution >= 0.6 is 11.8 Å². The molecule has 9 heteroatoms. The van der Waals surface area contributed by atoms with Gasteiger partial charge in [-0.3, -0.25) is 14.5 Å². The Kier molecular flexibility index (Phi) is 7.53. The van der Waals surface area contributed by atoms with Crippen molar-refractivity contribution in [3.05, 3.63) is 64.3 Å². The van der Waals surface area contributed by atoms with Crippen LogP contribution in [0.2, 0.25) is 0 Å². The summed E-state index contributed by atoms with van der Waals surface area (Å²) in [6.45, 7) is 3.88. The zero-order chi connectivity index (χ0) is 23.3. The van der Waals surface area contributed by atoms with Gasteiger partial charge >= 0.3 is 5.97 Å². The molecule has 0 saturated carbocycles. The molecule has 0 unspecified atom stereocenters. The molecule has 2 aromatic rings. The van der Waals surface area contributed by atoms with Crippen molar-refractivity contribution in [3.8, 4) is 11.5 Å². The van der Waals surface area contributed by atoms with Gasteiger partial charge in [-0.15, -0.1) is 0 Å². The Balaban J connectivity index is 1.79. The highest BCUT2D eigenvalue weighted by molar-refractivity contribution is 8.18. The number of ether oxygens (including phenoxy) is 3. The van der Waals surface area contributed by atoms with Crippen LogP contribution in [0.1, 0.15) is 25.0 Å². The molecule has 1 aliphatic heterocycles. The van der Waals surface area contributed by atoms with Crippen molar-refractivity contribution in [2.75, 3.05) is 13.7 Å². The van der Waals surface area contributed by atoms with Gasteiger partial charge in [-0.05, 0) is 67.1 Å². The topological polar surface area (TPSA) is 82.1 Å². The molecule has 32 heavy (non-hydrogen) atoms. The van der Waals surface area contributed by atoms with Crippen molar-refractivity contribution in [1.82, 2.24) is 4.90 Å². The maximum absolute atomic E-state index is 13.1. The second kappa shape index (κ2) is 10.3. The molecule has 0 bridgehead atoms. The normalized spacial score (nSPS) is 15.8. The van der Waals surface area contributed by atoms with Crippen molar-refractivity contribution >= 4 is 35.0 Å². The number of amides is 2. The fourth-order valence-electron chi connectivity index (χ4n) is 2.98. The molecule has 0 aliphatic carbocycles. The molecule has 2 aromatic carbocycles. The molecule has 2 amide bonds. The fraction of sp³-hybridized carbons (Fsp3) is 0.261. The number of rotatable bonds is 8. The first-order valence-electron chi connectivity index (χ1n) is 9.83. The summed E-state index contributed by atoms with van der Waals surface area (Å²) in [6, 6.07) is 10.1. The number of carbonyl (C=O) groups is 3. The molecule has 1 fully saturated rings. The lowest BCUT2D eigenvalue weighted by Crippen LogP contribution is -2.42. The van der Waals surface area contributed by atoms with E-state index in [1.54, 1.807) is 36.4 Å². The average Bonchev–Trinajstić information content (AvgIpc) is 3.06. The quantitative estimate of drug-likeness (QED) is 0.427. The van der Waals surface area contributed by atoms with Gasteiger partial charge in [0.2, 0.25) is 0 Å². The molecule has 1 atom stereocenters. The Hall–Kier alpha value is -3.33. The largest absolute Gasteiger partial charge is 0.490 e. The average molecular weight is 459 g/mol. The highest BCUT2D eigenvalue weighted by atomic mass is 32.2. The van der Waals surface area contributed by atoms with Crippen molar-refractivity contribution in [2.24, 2.45) is 0 Å². The first-order chi connectivity index (χ1) is 15.3. The minimum Gasteiger partial charge on any atom is -0.490 e. The Morgan fingerprint density at radius 2 is 1.84 bits per heavy atom. The lowest BCUT2D eigenvalue weighted by Gasteiger charge is -2.18. The van der Waals surface area contributed by atoms with Crippen LogP contribution in [-0.4, -0.2) is 41.8 Å². The second-order valence-corrected chi connectivity index (χ2v) is 7.80. The van der Waals surface area contributed by atoms with Gasteiger partial charge < -0.3 is 14.2 Å². The van der Waals surface area contributed by atoms with Crippen molar-refractivity contribution in [1.29, 1.82) is 0 Å². The van der Waals surface area contributed by atoms with Gasteiger partial charge in [-0.25, -0.2) is 9.18 Å². The van der Waals surface area contributed by atoms with Crippen LogP contribution in [0.3, 0.4) is 0 Å². The fourth-order valence-corrected chi connectivity index (χ4v) is 3.89. The predicted octanol–water partition coefficient (Wildman–Crippen LogP) is 4.40. The van der Waals surface area contributed by atoms with Gasteiger partial charge in [0, 0.05) is 0 Å². The lowest BCUT2D eigenvalue weighted by molar-refractivity contribution is -0.148. The molecule has 0 aromatic heterocycles. The summed E-state index contributed by atoms with van der Waals surface area (Å²) in [7, 11) is 1.20. The SMILES string of the molecule is CCOc1cc(/C=C2/SC(=O)N([C@@H](C)C(=O)OC)C2=O)ccc1OCc1ccc(F)cc1. The van der Waals surface area contributed by atoms with Gasteiger partial charge in [-0.2, -0.15) is 0 Å². The van der Waals surface area contributed by atoms with Gasteiger partial charge in [-0.1, -0.05) is 18.2 Å². The molecule has 0 N–H and O–H groups in total. The van der Waals surface area contributed by atoms with E-state index in [2.05, 4.69) is 4.74 Å². The molecule has 1 saturated heterocycles. The Labute approximate surface area is 189 Å².